The maximum Gasteiger partial charge on any atom is 0.103 e. The van der Waals surface area contributed by atoms with Crippen molar-refractivity contribution in [3.05, 3.63) is 24.2 Å². The first-order valence-electron chi connectivity index (χ1n) is 4.64. The molecule has 0 amide bonds. The zero-order chi connectivity index (χ0) is 8.39. The van der Waals surface area contributed by atoms with Crippen LogP contribution in [0.3, 0.4) is 0 Å². The van der Waals surface area contributed by atoms with Crippen LogP contribution >= 0.6 is 0 Å². The Hall–Kier alpha value is -0.760. The fourth-order valence-electron chi connectivity index (χ4n) is 1.52. The van der Waals surface area contributed by atoms with Crippen LogP contribution in [0.25, 0.3) is 0 Å². The molecule has 0 unspecified atom stereocenters. The standard InChI is InChI=1S/C10H15NO/c11-10(8-3-4-8)6-5-9-2-1-7-12-9/h1-2,7-8,10H,3-6,11H2/t10-/m1/s1. The van der Waals surface area contributed by atoms with Crippen LogP contribution in [0.1, 0.15) is 25.0 Å². The molecule has 1 aliphatic carbocycles. The Morgan fingerprint density at radius 3 is 3.00 bits per heavy atom. The average Bonchev–Trinajstić information content (AvgIpc) is 2.80. The van der Waals surface area contributed by atoms with Crippen LogP contribution in [-0.2, 0) is 6.42 Å². The van der Waals surface area contributed by atoms with Crippen LogP contribution in [0.4, 0.5) is 0 Å². The van der Waals surface area contributed by atoms with Gasteiger partial charge in [-0.1, -0.05) is 0 Å². The molecule has 66 valence electrons. The third-order valence-corrected chi connectivity index (χ3v) is 2.53. The van der Waals surface area contributed by atoms with Gasteiger partial charge in [-0.2, -0.15) is 0 Å². The van der Waals surface area contributed by atoms with E-state index in [9.17, 15) is 0 Å². The SMILES string of the molecule is N[C@H](CCc1ccco1)C1CC1. The van der Waals surface area contributed by atoms with Gasteiger partial charge in [0.2, 0.25) is 0 Å². The summed E-state index contributed by atoms with van der Waals surface area (Å²) in [4.78, 5) is 0. The summed E-state index contributed by atoms with van der Waals surface area (Å²) in [7, 11) is 0. The molecule has 1 aromatic rings. The highest BCUT2D eigenvalue weighted by Crippen LogP contribution is 2.33. The molecule has 1 heterocycles. The second-order valence-corrected chi connectivity index (χ2v) is 3.62. The van der Waals surface area contributed by atoms with E-state index >= 15 is 0 Å². The Morgan fingerprint density at radius 2 is 2.42 bits per heavy atom. The van der Waals surface area contributed by atoms with Gasteiger partial charge in [0.05, 0.1) is 6.26 Å². The van der Waals surface area contributed by atoms with Crippen LogP contribution < -0.4 is 5.73 Å². The zero-order valence-electron chi connectivity index (χ0n) is 7.20. The van der Waals surface area contributed by atoms with Gasteiger partial charge in [-0.15, -0.1) is 0 Å². The van der Waals surface area contributed by atoms with Crippen molar-refractivity contribution in [2.45, 2.75) is 31.7 Å². The average molecular weight is 165 g/mol. The molecule has 1 atom stereocenters. The van der Waals surface area contributed by atoms with Crippen LogP contribution in [0.2, 0.25) is 0 Å². The summed E-state index contributed by atoms with van der Waals surface area (Å²) in [6.07, 6.45) is 6.44. The third-order valence-electron chi connectivity index (χ3n) is 2.53. The Balaban J connectivity index is 1.74. The first kappa shape index (κ1) is 7.87. The van der Waals surface area contributed by atoms with Gasteiger partial charge in [0.25, 0.3) is 0 Å². The summed E-state index contributed by atoms with van der Waals surface area (Å²) in [6.45, 7) is 0. The minimum absolute atomic E-state index is 0.398. The van der Waals surface area contributed by atoms with E-state index < -0.39 is 0 Å². The lowest BCUT2D eigenvalue weighted by atomic mass is 10.1. The number of furan rings is 1. The lowest BCUT2D eigenvalue weighted by Gasteiger charge is -2.07. The van der Waals surface area contributed by atoms with Crippen molar-refractivity contribution in [3.8, 4) is 0 Å². The highest BCUT2D eigenvalue weighted by atomic mass is 16.3. The topological polar surface area (TPSA) is 39.2 Å². The van der Waals surface area contributed by atoms with Crippen LogP contribution in [-0.4, -0.2) is 6.04 Å². The van der Waals surface area contributed by atoms with Crippen molar-refractivity contribution < 1.29 is 4.42 Å². The fraction of sp³-hybridized carbons (Fsp3) is 0.600. The zero-order valence-corrected chi connectivity index (χ0v) is 7.20. The highest BCUT2D eigenvalue weighted by molar-refractivity contribution is 4.99. The van der Waals surface area contributed by atoms with Crippen LogP contribution in [0, 0.1) is 5.92 Å². The van der Waals surface area contributed by atoms with E-state index in [0.29, 0.717) is 6.04 Å². The predicted octanol–water partition coefficient (Wildman–Crippen LogP) is 1.95. The molecule has 2 N–H and O–H groups in total. The van der Waals surface area contributed by atoms with E-state index in [2.05, 4.69) is 0 Å². The Labute approximate surface area is 72.7 Å². The smallest absolute Gasteiger partial charge is 0.103 e. The summed E-state index contributed by atoms with van der Waals surface area (Å²) in [5.74, 6) is 1.87. The van der Waals surface area contributed by atoms with Gasteiger partial charge in [-0.05, 0) is 37.3 Å². The number of rotatable bonds is 4. The normalized spacial score (nSPS) is 19.4. The largest absolute Gasteiger partial charge is 0.469 e. The number of aryl methyl sites for hydroxylation is 1. The van der Waals surface area contributed by atoms with Gasteiger partial charge in [-0.25, -0.2) is 0 Å². The molecular weight excluding hydrogens is 150 g/mol. The second-order valence-electron chi connectivity index (χ2n) is 3.62. The maximum absolute atomic E-state index is 5.95. The molecule has 1 aromatic heterocycles. The molecule has 0 spiro atoms. The molecular formula is C10H15NO. The van der Waals surface area contributed by atoms with Gasteiger partial charge in [0.15, 0.2) is 0 Å². The molecule has 1 fully saturated rings. The summed E-state index contributed by atoms with van der Waals surface area (Å²) in [5.41, 5.74) is 5.95. The maximum atomic E-state index is 5.95. The molecule has 0 saturated heterocycles. The lowest BCUT2D eigenvalue weighted by molar-refractivity contribution is 0.470. The van der Waals surface area contributed by atoms with E-state index in [1.54, 1.807) is 6.26 Å². The molecule has 0 bridgehead atoms. The molecule has 0 aromatic carbocycles. The van der Waals surface area contributed by atoms with E-state index in [1.165, 1.54) is 12.8 Å². The second kappa shape index (κ2) is 3.31. The highest BCUT2D eigenvalue weighted by Gasteiger charge is 2.27. The van der Waals surface area contributed by atoms with Gasteiger partial charge < -0.3 is 10.2 Å². The number of hydrogen-bond acceptors (Lipinski definition) is 2. The minimum Gasteiger partial charge on any atom is -0.469 e. The Morgan fingerprint density at radius 1 is 1.58 bits per heavy atom. The Bertz CT molecular complexity index is 226. The van der Waals surface area contributed by atoms with Crippen molar-refractivity contribution in [3.63, 3.8) is 0 Å². The molecule has 0 radical (unpaired) electrons. The first-order chi connectivity index (χ1) is 5.86. The molecule has 1 aliphatic rings. The molecule has 2 heteroatoms. The van der Waals surface area contributed by atoms with Gasteiger partial charge in [-0.3, -0.25) is 0 Å². The van der Waals surface area contributed by atoms with Crippen molar-refractivity contribution in [2.24, 2.45) is 11.7 Å². The minimum atomic E-state index is 0.398. The van der Waals surface area contributed by atoms with Crippen molar-refractivity contribution in [1.82, 2.24) is 0 Å². The van der Waals surface area contributed by atoms with Crippen molar-refractivity contribution >= 4 is 0 Å². The van der Waals surface area contributed by atoms with Gasteiger partial charge in [0, 0.05) is 12.5 Å². The van der Waals surface area contributed by atoms with Crippen LogP contribution in [0.5, 0.6) is 0 Å². The van der Waals surface area contributed by atoms with E-state index in [4.69, 9.17) is 10.2 Å². The number of nitrogens with two attached hydrogens (primary N) is 1. The predicted molar refractivity (Wildman–Crippen MR) is 47.7 cm³/mol. The molecule has 1 saturated carbocycles. The lowest BCUT2D eigenvalue weighted by Crippen LogP contribution is -2.22. The first-order valence-corrected chi connectivity index (χ1v) is 4.64. The van der Waals surface area contributed by atoms with Crippen LogP contribution in [0.15, 0.2) is 22.8 Å². The Kier molecular flexibility index (Phi) is 2.17. The van der Waals surface area contributed by atoms with Crippen molar-refractivity contribution in [1.29, 1.82) is 0 Å². The quantitative estimate of drug-likeness (QED) is 0.740. The fourth-order valence-corrected chi connectivity index (χ4v) is 1.52. The summed E-state index contributed by atoms with van der Waals surface area (Å²) < 4.78 is 5.23. The third kappa shape index (κ3) is 1.89. The molecule has 2 rings (SSSR count). The van der Waals surface area contributed by atoms with E-state index in [1.807, 2.05) is 12.1 Å². The van der Waals surface area contributed by atoms with Gasteiger partial charge in [0.1, 0.15) is 5.76 Å². The number of hydrogen-bond donors (Lipinski definition) is 1. The van der Waals surface area contributed by atoms with E-state index in [0.717, 1.165) is 24.5 Å². The summed E-state index contributed by atoms with van der Waals surface area (Å²) in [5, 5.41) is 0. The molecule has 0 aliphatic heterocycles. The summed E-state index contributed by atoms with van der Waals surface area (Å²) in [6, 6.07) is 4.34. The van der Waals surface area contributed by atoms with Crippen molar-refractivity contribution in [2.75, 3.05) is 0 Å². The summed E-state index contributed by atoms with van der Waals surface area (Å²) >= 11 is 0. The monoisotopic (exact) mass is 165 g/mol. The molecule has 12 heavy (non-hydrogen) atoms. The van der Waals surface area contributed by atoms with E-state index in [-0.39, 0.29) is 0 Å². The molecule has 2 nitrogen and oxygen atoms in total. The van der Waals surface area contributed by atoms with Gasteiger partial charge >= 0.3 is 0 Å².